The van der Waals surface area contributed by atoms with Gasteiger partial charge < -0.3 is 14.8 Å². The molecule has 4 nitrogen and oxygen atoms in total. The van der Waals surface area contributed by atoms with Gasteiger partial charge in [0.05, 0.1) is 0 Å². The molecule has 0 spiro atoms. The minimum Gasteiger partial charge on any atom is -0.474 e. The summed E-state index contributed by atoms with van der Waals surface area (Å²) in [6.07, 6.45) is 5.47. The molecule has 1 aromatic rings. The Bertz CT molecular complexity index is 428. The van der Waals surface area contributed by atoms with Crippen molar-refractivity contribution in [3.63, 3.8) is 0 Å². The Morgan fingerprint density at radius 1 is 1.53 bits per heavy atom. The molecular formula is C15H22N2O2. The van der Waals surface area contributed by atoms with Gasteiger partial charge >= 0.3 is 0 Å². The molecule has 1 N–H and O–H groups in total. The highest BCUT2D eigenvalue weighted by Crippen LogP contribution is 2.25. The van der Waals surface area contributed by atoms with Crippen LogP contribution in [0.2, 0.25) is 0 Å². The fraction of sp³-hybridized carbons (Fsp3) is 0.600. The molecular weight excluding hydrogens is 240 g/mol. The van der Waals surface area contributed by atoms with Crippen molar-refractivity contribution in [2.24, 2.45) is 0 Å². The molecule has 4 heteroatoms. The van der Waals surface area contributed by atoms with E-state index >= 15 is 0 Å². The van der Waals surface area contributed by atoms with Crippen LogP contribution in [0.4, 0.5) is 0 Å². The molecule has 1 saturated carbocycles. The van der Waals surface area contributed by atoms with E-state index in [1.165, 1.54) is 0 Å². The Morgan fingerprint density at radius 3 is 3.00 bits per heavy atom. The number of nitrogens with one attached hydrogen (secondary N) is 1. The summed E-state index contributed by atoms with van der Waals surface area (Å²) in [5, 5.41) is 3.40. The third-order valence-electron chi connectivity index (χ3n) is 3.44. The molecule has 19 heavy (non-hydrogen) atoms. The van der Waals surface area contributed by atoms with Gasteiger partial charge in [-0.3, -0.25) is 0 Å². The van der Waals surface area contributed by atoms with Gasteiger partial charge in [-0.15, -0.1) is 0 Å². The number of Topliss-reactive ketones (excluding diaryl/α,β-unsaturated/α-hetero) is 1. The highest BCUT2D eigenvalue weighted by Gasteiger charge is 2.30. The van der Waals surface area contributed by atoms with E-state index in [4.69, 9.17) is 4.74 Å². The van der Waals surface area contributed by atoms with Gasteiger partial charge in [0.25, 0.3) is 0 Å². The Morgan fingerprint density at radius 2 is 2.32 bits per heavy atom. The Labute approximate surface area is 114 Å². The van der Waals surface area contributed by atoms with Crippen molar-refractivity contribution in [3.05, 3.63) is 23.9 Å². The van der Waals surface area contributed by atoms with Crippen molar-refractivity contribution >= 4 is 5.78 Å². The molecule has 0 atom stereocenters. The van der Waals surface area contributed by atoms with Crippen LogP contribution in [0.5, 0.6) is 5.88 Å². The molecule has 0 amide bonds. The number of aromatic nitrogens is 1. The summed E-state index contributed by atoms with van der Waals surface area (Å²) < 4.78 is 5.84. The number of hydrogen-bond donors (Lipinski definition) is 1. The van der Waals surface area contributed by atoms with Gasteiger partial charge in [-0.1, -0.05) is 6.92 Å². The zero-order valence-corrected chi connectivity index (χ0v) is 11.7. The number of ketones is 1. The molecule has 0 bridgehead atoms. The van der Waals surface area contributed by atoms with Crippen LogP contribution in [0, 0.1) is 0 Å². The number of rotatable bonds is 7. The van der Waals surface area contributed by atoms with Crippen LogP contribution >= 0.6 is 0 Å². The van der Waals surface area contributed by atoms with Gasteiger partial charge in [-0.25, -0.2) is 4.98 Å². The number of pyridine rings is 1. The summed E-state index contributed by atoms with van der Waals surface area (Å²) in [4.78, 5) is 15.2. The van der Waals surface area contributed by atoms with Crippen LogP contribution < -0.4 is 10.1 Å². The Hall–Kier alpha value is -1.42. The van der Waals surface area contributed by atoms with E-state index in [0.717, 1.165) is 31.4 Å². The van der Waals surface area contributed by atoms with Gasteiger partial charge in [0, 0.05) is 24.7 Å². The van der Waals surface area contributed by atoms with E-state index in [1.807, 2.05) is 12.1 Å². The standard InChI is InChI=1S/C15H22N2O2/c1-3-16-13-9-14(10-13)19-15-8-12(6-7-17-15)5-4-11(2)18/h6-8,13-14,16H,3-5,9-10H2,1-2H3. The van der Waals surface area contributed by atoms with E-state index < -0.39 is 0 Å². The molecule has 1 aliphatic carbocycles. The molecule has 0 aromatic carbocycles. The quantitative estimate of drug-likeness (QED) is 0.818. The zero-order valence-electron chi connectivity index (χ0n) is 11.7. The number of carbonyl (C=O) groups excluding carboxylic acids is 1. The normalized spacial score (nSPS) is 21.8. The molecule has 1 aliphatic rings. The first kappa shape index (κ1) is 14.0. The summed E-state index contributed by atoms with van der Waals surface area (Å²) in [5.41, 5.74) is 1.11. The van der Waals surface area contributed by atoms with Crippen LogP contribution in [0.1, 0.15) is 38.7 Å². The first-order valence-electron chi connectivity index (χ1n) is 7.01. The summed E-state index contributed by atoms with van der Waals surface area (Å²) in [7, 11) is 0. The summed E-state index contributed by atoms with van der Waals surface area (Å²) in [6, 6.07) is 4.48. The zero-order chi connectivity index (χ0) is 13.7. The van der Waals surface area contributed by atoms with Gasteiger partial charge in [-0.05, 0) is 44.4 Å². The molecule has 104 valence electrons. The van der Waals surface area contributed by atoms with Crippen LogP contribution in [0.3, 0.4) is 0 Å². The lowest BCUT2D eigenvalue weighted by Crippen LogP contribution is -2.46. The Balaban J connectivity index is 1.81. The van der Waals surface area contributed by atoms with E-state index in [9.17, 15) is 4.79 Å². The fourth-order valence-corrected chi connectivity index (χ4v) is 2.28. The maximum Gasteiger partial charge on any atom is 0.213 e. The van der Waals surface area contributed by atoms with Gasteiger partial charge in [0.1, 0.15) is 11.9 Å². The minimum absolute atomic E-state index is 0.215. The molecule has 0 aliphatic heterocycles. The number of nitrogens with zero attached hydrogens (tertiary/aromatic N) is 1. The summed E-state index contributed by atoms with van der Waals surface area (Å²) in [6.45, 7) is 4.75. The lowest BCUT2D eigenvalue weighted by atomic mass is 9.89. The van der Waals surface area contributed by atoms with Crippen molar-refractivity contribution in [3.8, 4) is 5.88 Å². The number of ether oxygens (including phenoxy) is 1. The molecule has 0 saturated heterocycles. The summed E-state index contributed by atoms with van der Waals surface area (Å²) >= 11 is 0. The van der Waals surface area contributed by atoms with Crippen molar-refractivity contribution in [2.75, 3.05) is 6.54 Å². The number of hydrogen-bond acceptors (Lipinski definition) is 4. The monoisotopic (exact) mass is 262 g/mol. The summed E-state index contributed by atoms with van der Waals surface area (Å²) in [5.74, 6) is 0.896. The fourth-order valence-electron chi connectivity index (χ4n) is 2.28. The van der Waals surface area contributed by atoms with E-state index in [-0.39, 0.29) is 11.9 Å². The second-order valence-electron chi connectivity index (χ2n) is 5.17. The Kier molecular flexibility index (Phi) is 4.91. The molecule has 1 fully saturated rings. The smallest absolute Gasteiger partial charge is 0.213 e. The average Bonchev–Trinajstić information content (AvgIpc) is 2.34. The predicted octanol–water partition coefficient (Wildman–Crippen LogP) is 2.12. The largest absolute Gasteiger partial charge is 0.474 e. The van der Waals surface area contributed by atoms with Crippen molar-refractivity contribution in [1.29, 1.82) is 0 Å². The number of aryl methyl sites for hydroxylation is 1. The molecule has 0 unspecified atom stereocenters. The highest BCUT2D eigenvalue weighted by molar-refractivity contribution is 5.75. The van der Waals surface area contributed by atoms with Gasteiger partial charge in [-0.2, -0.15) is 0 Å². The van der Waals surface area contributed by atoms with Crippen LogP contribution in [-0.4, -0.2) is 29.5 Å². The van der Waals surface area contributed by atoms with Crippen molar-refractivity contribution in [1.82, 2.24) is 10.3 Å². The molecule has 1 heterocycles. The van der Waals surface area contributed by atoms with E-state index in [1.54, 1.807) is 13.1 Å². The van der Waals surface area contributed by atoms with Gasteiger partial charge in [0.15, 0.2) is 0 Å². The third kappa shape index (κ3) is 4.31. The second kappa shape index (κ2) is 6.66. The van der Waals surface area contributed by atoms with Crippen molar-refractivity contribution < 1.29 is 9.53 Å². The van der Waals surface area contributed by atoms with Gasteiger partial charge in [0.2, 0.25) is 5.88 Å². The van der Waals surface area contributed by atoms with E-state index in [2.05, 4.69) is 17.2 Å². The van der Waals surface area contributed by atoms with Crippen LogP contribution in [-0.2, 0) is 11.2 Å². The first-order chi connectivity index (χ1) is 9.17. The molecule has 0 radical (unpaired) electrons. The maximum absolute atomic E-state index is 11.0. The van der Waals surface area contributed by atoms with Crippen LogP contribution in [0.15, 0.2) is 18.3 Å². The topological polar surface area (TPSA) is 51.2 Å². The molecule has 2 rings (SSSR count). The van der Waals surface area contributed by atoms with Crippen molar-refractivity contribution in [2.45, 2.75) is 51.7 Å². The third-order valence-corrected chi connectivity index (χ3v) is 3.44. The number of carbonyl (C=O) groups is 1. The first-order valence-corrected chi connectivity index (χ1v) is 7.01. The minimum atomic E-state index is 0.215. The average molecular weight is 262 g/mol. The maximum atomic E-state index is 11.0. The SMILES string of the molecule is CCNC1CC(Oc2cc(CCC(C)=O)ccn2)C1. The predicted molar refractivity (Wildman–Crippen MR) is 74.4 cm³/mol. The molecule has 1 aromatic heterocycles. The lowest BCUT2D eigenvalue weighted by molar-refractivity contribution is -0.116. The lowest BCUT2D eigenvalue weighted by Gasteiger charge is -2.35. The second-order valence-corrected chi connectivity index (χ2v) is 5.17. The van der Waals surface area contributed by atoms with E-state index in [0.29, 0.717) is 18.3 Å². The highest BCUT2D eigenvalue weighted by atomic mass is 16.5. The van der Waals surface area contributed by atoms with Crippen LogP contribution in [0.25, 0.3) is 0 Å².